The van der Waals surface area contributed by atoms with E-state index in [0.717, 1.165) is 17.5 Å². The van der Waals surface area contributed by atoms with Crippen molar-refractivity contribution in [3.8, 4) is 17.1 Å². The summed E-state index contributed by atoms with van der Waals surface area (Å²) in [7, 11) is 1.87. The molecule has 0 bridgehead atoms. The molecule has 2 aromatic rings. The maximum Gasteiger partial charge on any atom is 0.159 e. The van der Waals surface area contributed by atoms with E-state index in [0.29, 0.717) is 17.8 Å². The Morgan fingerprint density at radius 2 is 1.84 bits per heavy atom. The first-order valence-corrected chi connectivity index (χ1v) is 6.49. The molecule has 1 heterocycles. The van der Waals surface area contributed by atoms with Crippen molar-refractivity contribution in [2.75, 3.05) is 7.05 Å². The van der Waals surface area contributed by atoms with Crippen molar-refractivity contribution in [1.29, 1.82) is 0 Å². The third kappa shape index (κ3) is 2.55. The molecule has 1 aliphatic carbocycles. The van der Waals surface area contributed by atoms with Gasteiger partial charge >= 0.3 is 0 Å². The highest BCUT2D eigenvalue weighted by Crippen LogP contribution is 2.44. The second-order valence-corrected chi connectivity index (χ2v) is 5.35. The van der Waals surface area contributed by atoms with Crippen LogP contribution in [0.5, 0.6) is 5.75 Å². The predicted molar refractivity (Wildman–Crippen MR) is 73.9 cm³/mol. The van der Waals surface area contributed by atoms with E-state index in [2.05, 4.69) is 9.97 Å². The molecule has 98 valence electrons. The van der Waals surface area contributed by atoms with Crippen LogP contribution in [0.2, 0.25) is 0 Å². The Kier molecular flexibility index (Phi) is 3.12. The van der Waals surface area contributed by atoms with Crippen LogP contribution in [-0.4, -0.2) is 32.6 Å². The molecule has 1 aromatic carbocycles. The van der Waals surface area contributed by atoms with Crippen LogP contribution in [0, 0.1) is 0 Å². The van der Waals surface area contributed by atoms with Crippen molar-refractivity contribution in [3.05, 3.63) is 42.2 Å². The number of likely N-dealkylation sites (N-methyl/N-ethyl adjacent to an activating group) is 1. The van der Waals surface area contributed by atoms with Crippen LogP contribution in [-0.2, 0) is 0 Å². The highest BCUT2D eigenvalue weighted by molar-refractivity contribution is 6.13. The SMILES string of the molecule is CN(Cl)[C@H]1C[C@@H]1c1cnc(-c2ccc(O)cc2)nc1. The zero-order chi connectivity index (χ0) is 13.4. The number of phenolic OH excluding ortho intramolecular Hbond substituents is 1. The molecule has 0 radical (unpaired) electrons. The molecule has 1 saturated carbocycles. The first kappa shape index (κ1) is 12.4. The number of nitrogens with zero attached hydrogens (tertiary/aromatic N) is 3. The van der Waals surface area contributed by atoms with Gasteiger partial charge in [-0.2, -0.15) is 0 Å². The lowest BCUT2D eigenvalue weighted by Crippen LogP contribution is -2.09. The molecule has 0 unspecified atom stereocenters. The van der Waals surface area contributed by atoms with Gasteiger partial charge in [0.1, 0.15) is 5.75 Å². The number of hydrogen-bond donors (Lipinski definition) is 1. The Bertz CT molecular complexity index is 568. The largest absolute Gasteiger partial charge is 0.508 e. The van der Waals surface area contributed by atoms with E-state index >= 15 is 0 Å². The van der Waals surface area contributed by atoms with Crippen LogP contribution in [0.1, 0.15) is 17.9 Å². The van der Waals surface area contributed by atoms with Crippen molar-refractivity contribution in [2.24, 2.45) is 0 Å². The van der Waals surface area contributed by atoms with Crippen molar-refractivity contribution < 1.29 is 5.11 Å². The van der Waals surface area contributed by atoms with Gasteiger partial charge in [-0.25, -0.2) is 14.4 Å². The summed E-state index contributed by atoms with van der Waals surface area (Å²) in [5.41, 5.74) is 2.02. The van der Waals surface area contributed by atoms with Gasteiger partial charge in [0.25, 0.3) is 0 Å². The number of rotatable bonds is 3. The molecule has 3 rings (SSSR count). The fourth-order valence-electron chi connectivity index (χ4n) is 2.22. The molecule has 2 atom stereocenters. The molecule has 1 N–H and O–H groups in total. The molecule has 0 amide bonds. The van der Waals surface area contributed by atoms with Crippen LogP contribution in [0.4, 0.5) is 0 Å². The molecule has 1 fully saturated rings. The van der Waals surface area contributed by atoms with Gasteiger partial charge in [-0.1, -0.05) is 0 Å². The average Bonchev–Trinajstić information content (AvgIpc) is 3.20. The van der Waals surface area contributed by atoms with E-state index in [9.17, 15) is 5.11 Å². The summed E-state index contributed by atoms with van der Waals surface area (Å²) in [6.07, 6.45) is 4.78. The number of aromatic nitrogens is 2. The minimum absolute atomic E-state index is 0.242. The summed E-state index contributed by atoms with van der Waals surface area (Å²) < 4.78 is 1.72. The van der Waals surface area contributed by atoms with Gasteiger partial charge in [0, 0.05) is 37.0 Å². The smallest absolute Gasteiger partial charge is 0.159 e. The highest BCUT2D eigenvalue weighted by atomic mass is 35.5. The van der Waals surface area contributed by atoms with Crippen LogP contribution < -0.4 is 0 Å². The highest BCUT2D eigenvalue weighted by Gasteiger charge is 2.41. The Morgan fingerprint density at radius 1 is 1.21 bits per heavy atom. The number of hydrogen-bond acceptors (Lipinski definition) is 4. The van der Waals surface area contributed by atoms with Crippen molar-refractivity contribution in [2.45, 2.75) is 18.4 Å². The number of benzene rings is 1. The van der Waals surface area contributed by atoms with Gasteiger partial charge in [-0.15, -0.1) is 0 Å². The minimum Gasteiger partial charge on any atom is -0.508 e. The third-order valence-electron chi connectivity index (χ3n) is 3.44. The molecular formula is C14H14ClN3O. The van der Waals surface area contributed by atoms with Crippen LogP contribution in [0.3, 0.4) is 0 Å². The van der Waals surface area contributed by atoms with E-state index in [1.165, 1.54) is 0 Å². The first-order valence-electron chi connectivity index (χ1n) is 6.15. The molecule has 0 aliphatic heterocycles. The maximum atomic E-state index is 9.25. The topological polar surface area (TPSA) is 49.2 Å². The average molecular weight is 276 g/mol. The van der Waals surface area contributed by atoms with Gasteiger partial charge < -0.3 is 5.11 Å². The summed E-state index contributed by atoms with van der Waals surface area (Å²) >= 11 is 5.93. The predicted octanol–water partition coefficient (Wildman–Crippen LogP) is 2.79. The van der Waals surface area contributed by atoms with Crippen molar-refractivity contribution in [1.82, 2.24) is 14.4 Å². The molecule has 5 heteroatoms. The summed E-state index contributed by atoms with van der Waals surface area (Å²) in [5, 5.41) is 9.25. The number of phenols is 1. The van der Waals surface area contributed by atoms with Crippen LogP contribution >= 0.6 is 11.8 Å². The van der Waals surface area contributed by atoms with E-state index in [-0.39, 0.29) is 5.75 Å². The Balaban J connectivity index is 1.78. The Morgan fingerprint density at radius 3 is 2.37 bits per heavy atom. The fourth-order valence-corrected chi connectivity index (χ4v) is 2.44. The van der Waals surface area contributed by atoms with Gasteiger partial charge in [-0.05, 0) is 48.0 Å². The van der Waals surface area contributed by atoms with Crippen LogP contribution in [0.25, 0.3) is 11.4 Å². The molecular weight excluding hydrogens is 262 g/mol. The van der Waals surface area contributed by atoms with Gasteiger partial charge in [-0.3, -0.25) is 0 Å². The fraction of sp³-hybridized carbons (Fsp3) is 0.286. The van der Waals surface area contributed by atoms with Gasteiger partial charge in [0.05, 0.1) is 0 Å². The second-order valence-electron chi connectivity index (χ2n) is 4.82. The van der Waals surface area contributed by atoms with E-state index in [1.54, 1.807) is 28.7 Å². The number of aromatic hydroxyl groups is 1. The Hall–Kier alpha value is -1.65. The first-order chi connectivity index (χ1) is 9.15. The lowest BCUT2D eigenvalue weighted by atomic mass is 10.2. The summed E-state index contributed by atoms with van der Waals surface area (Å²) in [5.74, 6) is 1.35. The van der Waals surface area contributed by atoms with Gasteiger partial charge in [0.2, 0.25) is 0 Å². The molecule has 1 aromatic heterocycles. The molecule has 1 aliphatic rings. The second kappa shape index (κ2) is 4.79. The molecule has 0 spiro atoms. The summed E-state index contributed by atoms with van der Waals surface area (Å²) in [6.45, 7) is 0. The maximum absolute atomic E-state index is 9.25. The third-order valence-corrected chi connectivity index (χ3v) is 3.69. The molecule has 4 nitrogen and oxygen atoms in total. The molecule has 19 heavy (non-hydrogen) atoms. The monoisotopic (exact) mass is 275 g/mol. The zero-order valence-electron chi connectivity index (χ0n) is 10.5. The van der Waals surface area contributed by atoms with E-state index in [1.807, 2.05) is 19.4 Å². The standard InChI is InChI=1S/C14H14ClN3O/c1-18(15)13-6-12(13)10-7-16-14(17-8-10)9-2-4-11(19)5-3-9/h2-5,7-8,12-13,19H,6H2,1H3/t12-,13+/m1/s1. The van der Waals surface area contributed by atoms with E-state index < -0.39 is 0 Å². The van der Waals surface area contributed by atoms with Crippen molar-refractivity contribution in [3.63, 3.8) is 0 Å². The van der Waals surface area contributed by atoms with Crippen molar-refractivity contribution >= 4 is 11.8 Å². The number of halogens is 1. The summed E-state index contributed by atoms with van der Waals surface area (Å²) in [4.78, 5) is 8.76. The van der Waals surface area contributed by atoms with Crippen LogP contribution in [0.15, 0.2) is 36.7 Å². The normalized spacial score (nSPS) is 21.6. The molecule has 0 saturated heterocycles. The lowest BCUT2D eigenvalue weighted by molar-refractivity contribution is 0.475. The lowest BCUT2D eigenvalue weighted by Gasteiger charge is -2.06. The minimum atomic E-state index is 0.242. The zero-order valence-corrected chi connectivity index (χ0v) is 11.2. The quantitative estimate of drug-likeness (QED) is 0.875. The summed E-state index contributed by atoms with van der Waals surface area (Å²) in [6, 6.07) is 7.26. The van der Waals surface area contributed by atoms with Gasteiger partial charge in [0.15, 0.2) is 5.82 Å². The van der Waals surface area contributed by atoms with E-state index in [4.69, 9.17) is 11.8 Å². The Labute approximate surface area is 116 Å².